The smallest absolute Gasteiger partial charge is 0.328 e. The highest BCUT2D eigenvalue weighted by atomic mass is 19.1. The molecular formula is C16H15FN4O3. The van der Waals surface area contributed by atoms with Gasteiger partial charge in [-0.2, -0.15) is 4.39 Å². The number of aromatic amines is 1. The monoisotopic (exact) mass is 330 g/mol. The summed E-state index contributed by atoms with van der Waals surface area (Å²) in [7, 11) is 0. The standard InChI is InChI=1S/C16H15FN4O3/c17-12-9-21(16(23)19-15(12)22)8-11-7-14(20-24-11)13(18)6-10-4-2-1-3-5-10/h1-5,7,9,13H,6,8,18H2,(H,19,22,23)/t13-/m0/s1. The van der Waals surface area contributed by atoms with E-state index in [0.717, 1.165) is 16.3 Å². The Balaban J connectivity index is 1.75. The van der Waals surface area contributed by atoms with Crippen LogP contribution in [-0.4, -0.2) is 14.7 Å². The SMILES string of the molecule is N[C@@H](Cc1ccccc1)c1cc(Cn2cc(F)c(=O)[nH]c2=O)on1. The highest BCUT2D eigenvalue weighted by Crippen LogP contribution is 2.16. The van der Waals surface area contributed by atoms with Crippen LogP contribution in [0.3, 0.4) is 0 Å². The molecule has 2 aromatic heterocycles. The van der Waals surface area contributed by atoms with E-state index >= 15 is 0 Å². The van der Waals surface area contributed by atoms with Crippen LogP contribution in [0.25, 0.3) is 0 Å². The van der Waals surface area contributed by atoms with Gasteiger partial charge in [-0.15, -0.1) is 0 Å². The third-order valence-corrected chi connectivity index (χ3v) is 3.55. The fourth-order valence-electron chi connectivity index (χ4n) is 2.32. The van der Waals surface area contributed by atoms with E-state index in [4.69, 9.17) is 10.3 Å². The third-order valence-electron chi connectivity index (χ3n) is 3.55. The number of nitrogens with two attached hydrogens (primary N) is 1. The Labute approximate surface area is 135 Å². The molecule has 3 rings (SSSR count). The molecule has 0 fully saturated rings. The lowest BCUT2D eigenvalue weighted by Gasteiger charge is -2.07. The molecule has 0 amide bonds. The predicted octanol–water partition coefficient (Wildman–Crippen LogP) is 0.954. The molecule has 124 valence electrons. The molecule has 0 unspecified atom stereocenters. The predicted molar refractivity (Wildman–Crippen MR) is 84.0 cm³/mol. The lowest BCUT2D eigenvalue weighted by molar-refractivity contribution is 0.363. The van der Waals surface area contributed by atoms with Gasteiger partial charge in [-0.3, -0.25) is 14.3 Å². The molecule has 0 saturated heterocycles. The number of rotatable bonds is 5. The Kier molecular flexibility index (Phi) is 4.39. The highest BCUT2D eigenvalue weighted by molar-refractivity contribution is 5.19. The number of nitrogens with one attached hydrogen (secondary N) is 1. The third kappa shape index (κ3) is 3.49. The Hall–Kier alpha value is -3.00. The number of hydrogen-bond donors (Lipinski definition) is 2. The maximum atomic E-state index is 13.3. The fraction of sp³-hybridized carbons (Fsp3) is 0.188. The first kappa shape index (κ1) is 15.9. The van der Waals surface area contributed by atoms with Crippen LogP contribution in [0.15, 0.2) is 56.7 Å². The van der Waals surface area contributed by atoms with Crippen LogP contribution < -0.4 is 17.0 Å². The molecular weight excluding hydrogens is 315 g/mol. The Morgan fingerprint density at radius 1 is 1.29 bits per heavy atom. The molecule has 0 bridgehead atoms. The van der Waals surface area contributed by atoms with E-state index in [2.05, 4.69) is 5.16 Å². The van der Waals surface area contributed by atoms with Gasteiger partial charge in [-0.1, -0.05) is 35.5 Å². The Morgan fingerprint density at radius 2 is 2.04 bits per heavy atom. The number of H-pyrrole nitrogens is 1. The second-order valence-electron chi connectivity index (χ2n) is 5.38. The van der Waals surface area contributed by atoms with Gasteiger partial charge in [0.05, 0.1) is 18.8 Å². The zero-order valence-electron chi connectivity index (χ0n) is 12.6. The number of hydrogen-bond acceptors (Lipinski definition) is 5. The van der Waals surface area contributed by atoms with Gasteiger partial charge in [0.15, 0.2) is 5.76 Å². The zero-order chi connectivity index (χ0) is 17.1. The average molecular weight is 330 g/mol. The van der Waals surface area contributed by atoms with E-state index in [-0.39, 0.29) is 12.6 Å². The van der Waals surface area contributed by atoms with Crippen LogP contribution in [0.2, 0.25) is 0 Å². The van der Waals surface area contributed by atoms with Crippen molar-refractivity contribution in [3.05, 3.63) is 86.3 Å². The zero-order valence-corrected chi connectivity index (χ0v) is 12.6. The van der Waals surface area contributed by atoms with Gasteiger partial charge in [0.25, 0.3) is 5.56 Å². The summed E-state index contributed by atoms with van der Waals surface area (Å²) >= 11 is 0. The minimum atomic E-state index is -1.06. The highest BCUT2D eigenvalue weighted by Gasteiger charge is 2.14. The first-order valence-corrected chi connectivity index (χ1v) is 7.27. The van der Waals surface area contributed by atoms with Gasteiger partial charge < -0.3 is 10.3 Å². The molecule has 0 aliphatic rings. The second kappa shape index (κ2) is 6.63. The number of nitrogens with zero attached hydrogens (tertiary/aromatic N) is 2. The fourth-order valence-corrected chi connectivity index (χ4v) is 2.32. The van der Waals surface area contributed by atoms with Gasteiger partial charge in [0.1, 0.15) is 5.69 Å². The van der Waals surface area contributed by atoms with Gasteiger partial charge in [0, 0.05) is 6.07 Å². The van der Waals surface area contributed by atoms with Crippen molar-refractivity contribution in [1.82, 2.24) is 14.7 Å². The molecule has 1 aromatic carbocycles. The van der Waals surface area contributed by atoms with Crippen molar-refractivity contribution in [1.29, 1.82) is 0 Å². The largest absolute Gasteiger partial charge is 0.359 e. The van der Waals surface area contributed by atoms with Gasteiger partial charge in [-0.05, 0) is 12.0 Å². The maximum absolute atomic E-state index is 13.3. The maximum Gasteiger partial charge on any atom is 0.328 e. The van der Waals surface area contributed by atoms with Crippen molar-refractivity contribution in [3.63, 3.8) is 0 Å². The Morgan fingerprint density at radius 3 is 2.79 bits per heavy atom. The molecule has 0 aliphatic carbocycles. The van der Waals surface area contributed by atoms with E-state index in [0.29, 0.717) is 17.9 Å². The summed E-state index contributed by atoms with van der Waals surface area (Å²) in [6.07, 6.45) is 1.41. The Bertz CT molecular complexity index is 946. The summed E-state index contributed by atoms with van der Waals surface area (Å²) in [6.45, 7) is -0.0579. The van der Waals surface area contributed by atoms with Crippen molar-refractivity contribution in [2.45, 2.75) is 19.0 Å². The molecule has 7 nitrogen and oxygen atoms in total. The van der Waals surface area contributed by atoms with Crippen LogP contribution in [-0.2, 0) is 13.0 Å². The van der Waals surface area contributed by atoms with Crippen molar-refractivity contribution in [2.24, 2.45) is 5.73 Å². The van der Waals surface area contributed by atoms with Crippen LogP contribution in [0.5, 0.6) is 0 Å². The second-order valence-corrected chi connectivity index (χ2v) is 5.38. The molecule has 0 saturated carbocycles. The molecule has 24 heavy (non-hydrogen) atoms. The van der Waals surface area contributed by atoms with Crippen LogP contribution >= 0.6 is 0 Å². The molecule has 2 heterocycles. The number of halogens is 1. The molecule has 3 N–H and O–H groups in total. The van der Waals surface area contributed by atoms with Crippen molar-refractivity contribution in [3.8, 4) is 0 Å². The van der Waals surface area contributed by atoms with Crippen LogP contribution in [0.1, 0.15) is 23.1 Å². The summed E-state index contributed by atoms with van der Waals surface area (Å²) in [6, 6.07) is 10.9. The van der Waals surface area contributed by atoms with E-state index in [1.165, 1.54) is 0 Å². The molecule has 1 atom stereocenters. The summed E-state index contributed by atoms with van der Waals surface area (Å²) in [5, 5.41) is 3.90. The molecule has 8 heteroatoms. The molecule has 0 aliphatic heterocycles. The minimum absolute atomic E-state index is 0.0579. The van der Waals surface area contributed by atoms with Crippen LogP contribution in [0.4, 0.5) is 4.39 Å². The van der Waals surface area contributed by atoms with Crippen LogP contribution in [0, 0.1) is 5.82 Å². The molecule has 3 aromatic rings. The quantitative estimate of drug-likeness (QED) is 0.724. The van der Waals surface area contributed by atoms with Gasteiger partial charge in [-0.25, -0.2) is 4.79 Å². The van der Waals surface area contributed by atoms with Crippen molar-refractivity contribution in [2.75, 3.05) is 0 Å². The summed E-state index contributed by atoms with van der Waals surface area (Å²) < 4.78 is 19.4. The van der Waals surface area contributed by atoms with Gasteiger partial charge in [0.2, 0.25) is 5.82 Å². The topological polar surface area (TPSA) is 107 Å². The molecule has 0 spiro atoms. The minimum Gasteiger partial charge on any atom is -0.359 e. The first-order valence-electron chi connectivity index (χ1n) is 7.27. The van der Waals surface area contributed by atoms with Gasteiger partial charge >= 0.3 is 5.69 Å². The lowest BCUT2D eigenvalue weighted by atomic mass is 10.0. The summed E-state index contributed by atoms with van der Waals surface area (Å²) in [4.78, 5) is 24.5. The summed E-state index contributed by atoms with van der Waals surface area (Å²) in [5.41, 5.74) is 5.92. The number of aromatic nitrogens is 3. The lowest BCUT2D eigenvalue weighted by Crippen LogP contribution is -2.31. The van der Waals surface area contributed by atoms with E-state index in [9.17, 15) is 14.0 Å². The van der Waals surface area contributed by atoms with E-state index in [1.807, 2.05) is 35.3 Å². The molecule has 0 radical (unpaired) electrons. The first-order chi connectivity index (χ1) is 11.5. The van der Waals surface area contributed by atoms with E-state index in [1.54, 1.807) is 6.07 Å². The average Bonchev–Trinajstić information content (AvgIpc) is 3.02. The normalized spacial score (nSPS) is 12.2. The van der Waals surface area contributed by atoms with E-state index < -0.39 is 17.1 Å². The van der Waals surface area contributed by atoms with Crippen molar-refractivity contribution < 1.29 is 8.91 Å². The summed E-state index contributed by atoms with van der Waals surface area (Å²) in [5.74, 6) is -0.711. The number of benzene rings is 1. The van der Waals surface area contributed by atoms with Crippen molar-refractivity contribution >= 4 is 0 Å².